The first-order valence-corrected chi connectivity index (χ1v) is 5.66. The van der Waals surface area contributed by atoms with Crippen molar-refractivity contribution in [2.45, 2.75) is 6.42 Å². The monoisotopic (exact) mass is 232 g/mol. The van der Waals surface area contributed by atoms with E-state index >= 15 is 0 Å². The third-order valence-electron chi connectivity index (χ3n) is 2.33. The van der Waals surface area contributed by atoms with Gasteiger partial charge in [0, 0.05) is 16.9 Å². The van der Waals surface area contributed by atoms with Gasteiger partial charge in [0.15, 0.2) is 0 Å². The molecule has 0 atom stereocenters. The molecule has 0 spiro atoms. The van der Waals surface area contributed by atoms with Gasteiger partial charge in [0.25, 0.3) is 0 Å². The first-order chi connectivity index (χ1) is 8.88. The van der Waals surface area contributed by atoms with E-state index in [2.05, 4.69) is 17.2 Å². The van der Waals surface area contributed by atoms with E-state index < -0.39 is 0 Å². The molecule has 2 nitrogen and oxygen atoms in total. The summed E-state index contributed by atoms with van der Waals surface area (Å²) in [6.45, 7) is 0. The summed E-state index contributed by atoms with van der Waals surface area (Å²) in [5.74, 6) is 5.76. The summed E-state index contributed by atoms with van der Waals surface area (Å²) in [5.41, 5.74) is 2.94. The van der Waals surface area contributed by atoms with Crippen molar-refractivity contribution in [1.82, 2.24) is 0 Å². The first kappa shape index (κ1) is 11.8. The van der Waals surface area contributed by atoms with Crippen molar-refractivity contribution in [3.8, 4) is 17.9 Å². The van der Waals surface area contributed by atoms with E-state index in [1.165, 1.54) is 0 Å². The highest BCUT2D eigenvalue weighted by molar-refractivity contribution is 5.61. The Balaban J connectivity index is 2.14. The van der Waals surface area contributed by atoms with Crippen LogP contribution in [0.4, 0.5) is 11.4 Å². The molecule has 86 valence electrons. The minimum atomic E-state index is 0.260. The average molecular weight is 232 g/mol. The average Bonchev–Trinajstić information content (AvgIpc) is 2.41. The Morgan fingerprint density at radius 3 is 2.50 bits per heavy atom. The first-order valence-electron chi connectivity index (χ1n) is 5.66. The fraction of sp³-hybridized carbons (Fsp3) is 0.0625. The summed E-state index contributed by atoms with van der Waals surface area (Å²) < 4.78 is 0. The molecular weight excluding hydrogens is 220 g/mol. The molecule has 0 heterocycles. The third kappa shape index (κ3) is 3.40. The zero-order chi connectivity index (χ0) is 12.6. The van der Waals surface area contributed by atoms with E-state index in [4.69, 9.17) is 5.26 Å². The lowest BCUT2D eigenvalue weighted by molar-refractivity contribution is 1.39. The van der Waals surface area contributed by atoms with Gasteiger partial charge in [0.1, 0.15) is 0 Å². The van der Waals surface area contributed by atoms with Gasteiger partial charge in [0.05, 0.1) is 12.5 Å². The minimum absolute atomic E-state index is 0.260. The maximum atomic E-state index is 8.43. The summed E-state index contributed by atoms with van der Waals surface area (Å²) in [7, 11) is 0. The maximum absolute atomic E-state index is 8.43. The summed E-state index contributed by atoms with van der Waals surface area (Å²) in [6.07, 6.45) is 0.260. The quantitative estimate of drug-likeness (QED) is 0.801. The topological polar surface area (TPSA) is 35.8 Å². The van der Waals surface area contributed by atoms with Gasteiger partial charge in [-0.3, -0.25) is 0 Å². The lowest BCUT2D eigenvalue weighted by atomic mass is 10.2. The number of hydrogen-bond acceptors (Lipinski definition) is 2. The summed E-state index contributed by atoms with van der Waals surface area (Å²) >= 11 is 0. The van der Waals surface area contributed by atoms with Crippen LogP contribution in [0.25, 0.3) is 0 Å². The molecule has 0 radical (unpaired) electrons. The third-order valence-corrected chi connectivity index (χ3v) is 2.33. The van der Waals surface area contributed by atoms with Crippen LogP contribution >= 0.6 is 0 Å². The van der Waals surface area contributed by atoms with E-state index in [0.29, 0.717) is 0 Å². The van der Waals surface area contributed by atoms with Crippen LogP contribution in [0.2, 0.25) is 0 Å². The van der Waals surface area contributed by atoms with Gasteiger partial charge in [0.2, 0.25) is 0 Å². The molecule has 0 aromatic heterocycles. The number of nitrogens with zero attached hydrogens (tertiary/aromatic N) is 1. The summed E-state index contributed by atoms with van der Waals surface area (Å²) in [6, 6.07) is 19.8. The minimum Gasteiger partial charge on any atom is -0.355 e. The molecule has 2 aromatic rings. The molecular formula is C16H12N2. The van der Waals surface area contributed by atoms with E-state index in [9.17, 15) is 0 Å². The Kier molecular flexibility index (Phi) is 4.01. The van der Waals surface area contributed by atoms with Crippen molar-refractivity contribution in [2.24, 2.45) is 0 Å². The predicted molar refractivity (Wildman–Crippen MR) is 73.3 cm³/mol. The van der Waals surface area contributed by atoms with Crippen molar-refractivity contribution in [1.29, 1.82) is 5.26 Å². The van der Waals surface area contributed by atoms with E-state index in [1.807, 2.05) is 60.7 Å². The van der Waals surface area contributed by atoms with Crippen molar-refractivity contribution in [3.05, 3.63) is 60.2 Å². The van der Waals surface area contributed by atoms with E-state index in [1.54, 1.807) is 0 Å². The van der Waals surface area contributed by atoms with Gasteiger partial charge in [-0.05, 0) is 30.3 Å². The molecule has 0 amide bonds. The van der Waals surface area contributed by atoms with E-state index in [-0.39, 0.29) is 6.42 Å². The van der Waals surface area contributed by atoms with Crippen molar-refractivity contribution in [3.63, 3.8) is 0 Å². The molecule has 0 saturated heterocycles. The molecule has 2 aromatic carbocycles. The number of rotatable bonds is 2. The van der Waals surface area contributed by atoms with Crippen LogP contribution in [0.3, 0.4) is 0 Å². The van der Waals surface area contributed by atoms with Gasteiger partial charge in [-0.25, -0.2) is 0 Å². The second kappa shape index (κ2) is 6.13. The smallest absolute Gasteiger partial charge is 0.0966 e. The molecule has 1 N–H and O–H groups in total. The number of benzene rings is 2. The van der Waals surface area contributed by atoms with Crippen LogP contribution < -0.4 is 5.32 Å². The SMILES string of the molecule is N#CCC#Cc1cccc(Nc2ccccc2)c1. The number of nitrogens with one attached hydrogen (secondary N) is 1. The number of para-hydroxylation sites is 1. The molecule has 2 heteroatoms. The zero-order valence-corrected chi connectivity index (χ0v) is 9.85. The zero-order valence-electron chi connectivity index (χ0n) is 9.85. The Hall–Kier alpha value is -2.71. The Labute approximate surface area is 107 Å². The van der Waals surface area contributed by atoms with Crippen LogP contribution in [0.1, 0.15) is 12.0 Å². The van der Waals surface area contributed by atoms with Crippen molar-refractivity contribution in [2.75, 3.05) is 5.32 Å². The predicted octanol–water partition coefficient (Wildman–Crippen LogP) is 3.70. The van der Waals surface area contributed by atoms with Gasteiger partial charge in [-0.1, -0.05) is 36.1 Å². The normalized spacial score (nSPS) is 8.83. The highest BCUT2D eigenvalue weighted by Gasteiger charge is 1.94. The van der Waals surface area contributed by atoms with Crippen molar-refractivity contribution >= 4 is 11.4 Å². The standard InChI is InChI=1S/C16H12N2/c17-12-5-4-7-14-8-6-11-16(13-14)18-15-9-2-1-3-10-15/h1-3,6,8-11,13,18H,5H2. The van der Waals surface area contributed by atoms with Crippen LogP contribution in [-0.2, 0) is 0 Å². The molecule has 0 aliphatic heterocycles. The second-order valence-electron chi connectivity index (χ2n) is 3.71. The molecule has 0 unspecified atom stereocenters. The van der Waals surface area contributed by atoms with Crippen LogP contribution in [0.15, 0.2) is 54.6 Å². The molecule has 2 rings (SSSR count). The maximum Gasteiger partial charge on any atom is 0.0966 e. The molecule has 0 saturated carbocycles. The summed E-state index contributed by atoms with van der Waals surface area (Å²) in [5, 5.41) is 11.7. The number of nitriles is 1. The molecule has 0 aliphatic rings. The summed E-state index contributed by atoms with van der Waals surface area (Å²) in [4.78, 5) is 0. The molecule has 0 bridgehead atoms. The molecule has 0 fully saturated rings. The highest BCUT2D eigenvalue weighted by atomic mass is 14.9. The van der Waals surface area contributed by atoms with Gasteiger partial charge < -0.3 is 5.32 Å². The van der Waals surface area contributed by atoms with Gasteiger partial charge in [-0.15, -0.1) is 0 Å². The Bertz CT molecular complexity index is 613. The van der Waals surface area contributed by atoms with Gasteiger partial charge in [-0.2, -0.15) is 5.26 Å². The van der Waals surface area contributed by atoms with Gasteiger partial charge >= 0.3 is 0 Å². The molecule has 0 aliphatic carbocycles. The van der Waals surface area contributed by atoms with Crippen molar-refractivity contribution < 1.29 is 0 Å². The van der Waals surface area contributed by atoms with Crippen LogP contribution in [-0.4, -0.2) is 0 Å². The van der Waals surface area contributed by atoms with E-state index in [0.717, 1.165) is 16.9 Å². The van der Waals surface area contributed by atoms with Crippen LogP contribution in [0.5, 0.6) is 0 Å². The number of hydrogen-bond donors (Lipinski definition) is 1. The fourth-order valence-electron chi connectivity index (χ4n) is 1.55. The largest absolute Gasteiger partial charge is 0.355 e. The van der Waals surface area contributed by atoms with Crippen LogP contribution in [0, 0.1) is 23.2 Å². The highest BCUT2D eigenvalue weighted by Crippen LogP contribution is 2.16. The molecule has 18 heavy (non-hydrogen) atoms. The Morgan fingerprint density at radius 1 is 0.944 bits per heavy atom. The second-order valence-corrected chi connectivity index (χ2v) is 3.71. The lowest BCUT2D eigenvalue weighted by Gasteiger charge is -2.06. The number of anilines is 2. The lowest BCUT2D eigenvalue weighted by Crippen LogP contribution is -1.89. The Morgan fingerprint density at radius 2 is 1.72 bits per heavy atom. The fourth-order valence-corrected chi connectivity index (χ4v) is 1.55.